The van der Waals surface area contributed by atoms with E-state index in [1.807, 2.05) is 0 Å². The lowest BCUT2D eigenvalue weighted by atomic mass is 9.90. The molecular weight excluding hydrogens is 258 g/mol. The Bertz CT molecular complexity index is 379. The maximum Gasteiger partial charge on any atom is 0.118 e. The van der Waals surface area contributed by atoms with Crippen LogP contribution in [0.25, 0.3) is 0 Å². The van der Waals surface area contributed by atoms with E-state index in [2.05, 4.69) is 36.6 Å². The van der Waals surface area contributed by atoms with Gasteiger partial charge in [0.25, 0.3) is 0 Å². The van der Waals surface area contributed by atoms with Crippen LogP contribution in [0, 0.1) is 5.92 Å². The van der Waals surface area contributed by atoms with Crippen LogP contribution in [0.1, 0.15) is 56.9 Å². The Kier molecular flexibility index (Phi) is 7.08. The van der Waals surface area contributed by atoms with E-state index in [9.17, 15) is 0 Å². The summed E-state index contributed by atoms with van der Waals surface area (Å²) >= 11 is 0. The molecule has 0 amide bonds. The van der Waals surface area contributed by atoms with Crippen molar-refractivity contribution in [1.29, 1.82) is 0 Å². The largest absolute Gasteiger partial charge is 0.497 e. The Hall–Kier alpha value is -1.02. The first-order valence-electron chi connectivity index (χ1n) is 8.62. The quantitative estimate of drug-likeness (QED) is 0.742. The summed E-state index contributed by atoms with van der Waals surface area (Å²) in [7, 11) is 3.84. The lowest BCUT2D eigenvalue weighted by molar-refractivity contribution is 0.351. The van der Waals surface area contributed by atoms with Gasteiger partial charge in [0, 0.05) is 6.04 Å². The SMILES string of the molecule is CNC(CCc1ccc(OC)cc1)CC1CCCCCC1. The molecule has 1 fully saturated rings. The fourth-order valence-electron chi connectivity index (χ4n) is 3.52. The molecule has 0 radical (unpaired) electrons. The van der Waals surface area contributed by atoms with Crippen molar-refractivity contribution in [2.45, 2.75) is 63.8 Å². The van der Waals surface area contributed by atoms with Crippen LogP contribution >= 0.6 is 0 Å². The summed E-state index contributed by atoms with van der Waals surface area (Å²) in [6.45, 7) is 0. The van der Waals surface area contributed by atoms with E-state index in [1.165, 1.54) is 56.9 Å². The van der Waals surface area contributed by atoms with Crippen LogP contribution in [-0.2, 0) is 6.42 Å². The molecule has 1 atom stereocenters. The van der Waals surface area contributed by atoms with Crippen molar-refractivity contribution in [3.05, 3.63) is 29.8 Å². The van der Waals surface area contributed by atoms with Gasteiger partial charge in [-0.1, -0.05) is 50.7 Å². The Morgan fingerprint density at radius 1 is 1.10 bits per heavy atom. The molecule has 0 saturated heterocycles. The van der Waals surface area contributed by atoms with Gasteiger partial charge in [-0.3, -0.25) is 0 Å². The van der Waals surface area contributed by atoms with Gasteiger partial charge < -0.3 is 10.1 Å². The Labute approximate surface area is 130 Å². The average molecular weight is 289 g/mol. The monoisotopic (exact) mass is 289 g/mol. The summed E-state index contributed by atoms with van der Waals surface area (Å²) in [5.41, 5.74) is 1.41. The molecule has 1 saturated carbocycles. The van der Waals surface area contributed by atoms with E-state index in [1.54, 1.807) is 7.11 Å². The predicted molar refractivity (Wildman–Crippen MR) is 90.0 cm³/mol. The molecule has 0 aliphatic heterocycles. The van der Waals surface area contributed by atoms with Gasteiger partial charge >= 0.3 is 0 Å². The number of methoxy groups -OCH3 is 1. The number of hydrogen-bond acceptors (Lipinski definition) is 2. The number of ether oxygens (including phenoxy) is 1. The molecule has 1 aliphatic carbocycles. The summed E-state index contributed by atoms with van der Waals surface area (Å²) in [4.78, 5) is 0. The molecule has 118 valence electrons. The van der Waals surface area contributed by atoms with Gasteiger partial charge in [-0.15, -0.1) is 0 Å². The summed E-state index contributed by atoms with van der Waals surface area (Å²) in [5, 5.41) is 3.54. The van der Waals surface area contributed by atoms with Crippen molar-refractivity contribution < 1.29 is 4.74 Å². The summed E-state index contributed by atoms with van der Waals surface area (Å²) in [6, 6.07) is 9.17. The maximum absolute atomic E-state index is 5.22. The normalized spacial score (nSPS) is 18.2. The van der Waals surface area contributed by atoms with Crippen LogP contribution in [0.5, 0.6) is 5.75 Å². The first-order chi connectivity index (χ1) is 10.3. The third kappa shape index (κ3) is 5.70. The van der Waals surface area contributed by atoms with Crippen LogP contribution in [0.2, 0.25) is 0 Å². The highest BCUT2D eigenvalue weighted by atomic mass is 16.5. The van der Waals surface area contributed by atoms with Crippen LogP contribution < -0.4 is 10.1 Å². The third-order valence-electron chi connectivity index (χ3n) is 4.94. The van der Waals surface area contributed by atoms with Crippen LogP contribution in [-0.4, -0.2) is 20.2 Å². The number of nitrogens with one attached hydrogen (secondary N) is 1. The standard InChI is InChI=1S/C19H31NO/c1-20-18(15-17-7-5-3-4-6-8-17)12-9-16-10-13-19(21-2)14-11-16/h10-11,13-14,17-18,20H,3-9,12,15H2,1-2H3. The van der Waals surface area contributed by atoms with E-state index in [0.717, 1.165) is 18.1 Å². The molecule has 0 heterocycles. The lowest BCUT2D eigenvalue weighted by Gasteiger charge is -2.22. The maximum atomic E-state index is 5.22. The lowest BCUT2D eigenvalue weighted by Crippen LogP contribution is -2.28. The molecule has 21 heavy (non-hydrogen) atoms. The van der Waals surface area contributed by atoms with Crippen molar-refractivity contribution >= 4 is 0 Å². The number of rotatable bonds is 7. The molecule has 1 N–H and O–H groups in total. The number of aryl methyl sites for hydroxylation is 1. The molecule has 0 bridgehead atoms. The van der Waals surface area contributed by atoms with E-state index in [4.69, 9.17) is 4.74 Å². The average Bonchev–Trinajstić information content (AvgIpc) is 2.80. The zero-order chi connectivity index (χ0) is 14.9. The zero-order valence-electron chi connectivity index (χ0n) is 13.7. The van der Waals surface area contributed by atoms with E-state index in [-0.39, 0.29) is 0 Å². The molecule has 0 aromatic heterocycles. The topological polar surface area (TPSA) is 21.3 Å². The molecular formula is C19H31NO. The van der Waals surface area contributed by atoms with E-state index < -0.39 is 0 Å². The van der Waals surface area contributed by atoms with Gasteiger partial charge in [-0.25, -0.2) is 0 Å². The minimum Gasteiger partial charge on any atom is -0.497 e. The van der Waals surface area contributed by atoms with Crippen molar-refractivity contribution in [3.8, 4) is 5.75 Å². The molecule has 2 heteroatoms. The first-order valence-corrected chi connectivity index (χ1v) is 8.62. The molecule has 2 nitrogen and oxygen atoms in total. The Morgan fingerprint density at radius 2 is 1.76 bits per heavy atom. The highest BCUT2D eigenvalue weighted by Crippen LogP contribution is 2.27. The van der Waals surface area contributed by atoms with Gasteiger partial charge in [-0.2, -0.15) is 0 Å². The zero-order valence-corrected chi connectivity index (χ0v) is 13.7. The summed E-state index contributed by atoms with van der Waals surface area (Å²) in [5.74, 6) is 1.89. The van der Waals surface area contributed by atoms with E-state index >= 15 is 0 Å². The van der Waals surface area contributed by atoms with Crippen molar-refractivity contribution in [3.63, 3.8) is 0 Å². The van der Waals surface area contributed by atoms with Crippen molar-refractivity contribution in [2.24, 2.45) is 5.92 Å². The molecule has 1 aromatic rings. The highest BCUT2D eigenvalue weighted by Gasteiger charge is 2.17. The fourth-order valence-corrected chi connectivity index (χ4v) is 3.52. The second kappa shape index (κ2) is 9.09. The summed E-state index contributed by atoms with van der Waals surface area (Å²) in [6.07, 6.45) is 12.4. The van der Waals surface area contributed by atoms with Gasteiger partial charge in [0.05, 0.1) is 7.11 Å². The molecule has 0 spiro atoms. The molecule has 2 rings (SSSR count). The Morgan fingerprint density at radius 3 is 2.33 bits per heavy atom. The number of hydrogen-bond donors (Lipinski definition) is 1. The van der Waals surface area contributed by atoms with Crippen molar-refractivity contribution in [2.75, 3.05) is 14.2 Å². The smallest absolute Gasteiger partial charge is 0.118 e. The van der Waals surface area contributed by atoms with Gasteiger partial charge in [0.2, 0.25) is 0 Å². The van der Waals surface area contributed by atoms with Gasteiger partial charge in [0.15, 0.2) is 0 Å². The van der Waals surface area contributed by atoms with Crippen LogP contribution in [0.4, 0.5) is 0 Å². The predicted octanol–water partition coefficient (Wildman–Crippen LogP) is 4.58. The summed E-state index contributed by atoms with van der Waals surface area (Å²) < 4.78 is 5.22. The van der Waals surface area contributed by atoms with Gasteiger partial charge in [-0.05, 0) is 49.9 Å². The minimum atomic E-state index is 0.662. The van der Waals surface area contributed by atoms with E-state index in [0.29, 0.717) is 6.04 Å². The molecule has 1 aromatic carbocycles. The molecule has 1 unspecified atom stereocenters. The number of benzene rings is 1. The Balaban J connectivity index is 1.78. The second-order valence-corrected chi connectivity index (χ2v) is 6.47. The van der Waals surface area contributed by atoms with Crippen LogP contribution in [0.15, 0.2) is 24.3 Å². The van der Waals surface area contributed by atoms with Crippen molar-refractivity contribution in [1.82, 2.24) is 5.32 Å². The first kappa shape index (κ1) is 16.4. The van der Waals surface area contributed by atoms with Crippen LogP contribution in [0.3, 0.4) is 0 Å². The fraction of sp³-hybridized carbons (Fsp3) is 0.684. The third-order valence-corrected chi connectivity index (χ3v) is 4.94. The minimum absolute atomic E-state index is 0.662. The second-order valence-electron chi connectivity index (χ2n) is 6.47. The highest BCUT2D eigenvalue weighted by molar-refractivity contribution is 5.27. The van der Waals surface area contributed by atoms with Gasteiger partial charge in [0.1, 0.15) is 5.75 Å². The molecule has 1 aliphatic rings.